The van der Waals surface area contributed by atoms with Crippen LogP contribution in [0.3, 0.4) is 0 Å². The molecule has 0 unspecified atom stereocenters. The average Bonchev–Trinajstić information content (AvgIpc) is 2.25. The number of esters is 2. The third-order valence-electron chi connectivity index (χ3n) is 3.21. The Bertz CT molecular complexity index is 475. The second kappa shape index (κ2) is 5.87. The zero-order valence-electron chi connectivity index (χ0n) is 12.3. The van der Waals surface area contributed by atoms with Crippen molar-refractivity contribution < 1.29 is 19.1 Å². The predicted octanol–water partition coefficient (Wildman–Crippen LogP) is 3.05. The van der Waals surface area contributed by atoms with Gasteiger partial charge in [-0.3, -0.25) is 9.59 Å². The molecule has 0 N–H and O–H groups in total. The Morgan fingerprint density at radius 2 is 1.26 bits per heavy atom. The maximum absolute atomic E-state index is 11.2. The summed E-state index contributed by atoms with van der Waals surface area (Å²) >= 11 is 0. The van der Waals surface area contributed by atoms with E-state index in [4.69, 9.17) is 9.47 Å². The van der Waals surface area contributed by atoms with Crippen LogP contribution in [0.1, 0.15) is 48.0 Å². The van der Waals surface area contributed by atoms with Crippen molar-refractivity contribution in [3.05, 3.63) is 33.9 Å². The number of ether oxygens (including phenoxy) is 2. The van der Waals surface area contributed by atoms with E-state index in [1.54, 1.807) is 0 Å². The van der Waals surface area contributed by atoms with Crippen LogP contribution in [-0.4, -0.2) is 11.9 Å². The Balaban J connectivity index is 3.36. The summed E-state index contributed by atoms with van der Waals surface area (Å²) in [5.74, 6) is -0.964. The van der Waals surface area contributed by atoms with Crippen LogP contribution in [0.2, 0.25) is 0 Å². The van der Waals surface area contributed by atoms with E-state index in [1.165, 1.54) is 13.8 Å². The molecule has 1 aromatic rings. The second-order valence-corrected chi connectivity index (χ2v) is 4.72. The molecule has 0 heterocycles. The number of carbonyl (C=O) groups excluding carboxylic acids is 2. The van der Waals surface area contributed by atoms with Crippen LogP contribution < -0.4 is 0 Å². The van der Waals surface area contributed by atoms with Gasteiger partial charge in [0.1, 0.15) is 0 Å². The van der Waals surface area contributed by atoms with E-state index >= 15 is 0 Å². The zero-order valence-corrected chi connectivity index (χ0v) is 12.3. The number of aryl methyl sites for hydroxylation is 2. The molecule has 0 atom stereocenters. The van der Waals surface area contributed by atoms with Gasteiger partial charge in [-0.1, -0.05) is 6.07 Å². The SMILES string of the molecule is CC(=O)OC(OC(C)=O)c1c(C)c(C)cc(C)c1C. The molecule has 1 rings (SSSR count). The van der Waals surface area contributed by atoms with Crippen molar-refractivity contribution in [1.29, 1.82) is 0 Å². The third kappa shape index (κ3) is 3.56. The average molecular weight is 264 g/mol. The molecular weight excluding hydrogens is 244 g/mol. The standard InChI is InChI=1S/C15H20O4/c1-8-7-9(2)11(4)14(10(8)3)15(18-12(5)16)19-13(6)17/h7,15H,1-6H3. The first kappa shape index (κ1) is 15.2. The van der Waals surface area contributed by atoms with Crippen molar-refractivity contribution in [3.63, 3.8) is 0 Å². The van der Waals surface area contributed by atoms with Gasteiger partial charge in [0.05, 0.1) is 0 Å². The summed E-state index contributed by atoms with van der Waals surface area (Å²) in [6, 6.07) is 2.06. The molecule has 0 fully saturated rings. The fourth-order valence-electron chi connectivity index (χ4n) is 2.04. The molecule has 0 aliphatic heterocycles. The summed E-state index contributed by atoms with van der Waals surface area (Å²) in [6.07, 6.45) is -0.978. The molecule has 1 aromatic carbocycles. The van der Waals surface area contributed by atoms with Crippen molar-refractivity contribution in [2.45, 2.75) is 47.8 Å². The highest BCUT2D eigenvalue weighted by Gasteiger charge is 2.24. The van der Waals surface area contributed by atoms with Gasteiger partial charge < -0.3 is 9.47 Å². The zero-order chi connectivity index (χ0) is 14.7. The van der Waals surface area contributed by atoms with Crippen LogP contribution in [0.5, 0.6) is 0 Å². The molecule has 0 aliphatic carbocycles. The van der Waals surface area contributed by atoms with Gasteiger partial charge >= 0.3 is 11.9 Å². The highest BCUT2D eigenvalue weighted by Crippen LogP contribution is 2.30. The van der Waals surface area contributed by atoms with Gasteiger partial charge in [-0.05, 0) is 49.9 Å². The Morgan fingerprint density at radius 1 is 0.895 bits per heavy atom. The van der Waals surface area contributed by atoms with Crippen LogP contribution in [0.25, 0.3) is 0 Å². The lowest BCUT2D eigenvalue weighted by atomic mass is 9.94. The minimum absolute atomic E-state index is 0.482. The molecule has 104 valence electrons. The number of carbonyl (C=O) groups is 2. The van der Waals surface area contributed by atoms with E-state index in [2.05, 4.69) is 6.07 Å². The van der Waals surface area contributed by atoms with Crippen molar-refractivity contribution in [2.75, 3.05) is 0 Å². The van der Waals surface area contributed by atoms with E-state index in [1.807, 2.05) is 27.7 Å². The van der Waals surface area contributed by atoms with Gasteiger partial charge in [-0.25, -0.2) is 0 Å². The number of rotatable bonds is 3. The summed E-state index contributed by atoms with van der Waals surface area (Å²) in [7, 11) is 0. The fraction of sp³-hybridized carbons (Fsp3) is 0.467. The number of benzene rings is 1. The molecule has 19 heavy (non-hydrogen) atoms. The minimum atomic E-state index is -0.978. The number of hydrogen-bond donors (Lipinski definition) is 0. The van der Waals surface area contributed by atoms with E-state index in [-0.39, 0.29) is 0 Å². The fourth-order valence-corrected chi connectivity index (χ4v) is 2.04. The van der Waals surface area contributed by atoms with Crippen LogP contribution in [0.15, 0.2) is 6.07 Å². The Labute approximate surface area is 113 Å². The molecule has 4 heteroatoms. The molecule has 0 spiro atoms. The molecule has 4 nitrogen and oxygen atoms in total. The third-order valence-corrected chi connectivity index (χ3v) is 3.21. The van der Waals surface area contributed by atoms with Crippen LogP contribution in [0.4, 0.5) is 0 Å². The van der Waals surface area contributed by atoms with Gasteiger partial charge in [-0.2, -0.15) is 0 Å². The molecule has 0 radical (unpaired) electrons. The molecule has 0 amide bonds. The molecule has 0 saturated heterocycles. The molecule has 0 saturated carbocycles. The predicted molar refractivity (Wildman–Crippen MR) is 71.7 cm³/mol. The quantitative estimate of drug-likeness (QED) is 0.622. The topological polar surface area (TPSA) is 52.6 Å². The summed E-state index contributed by atoms with van der Waals surface area (Å²) in [5, 5.41) is 0. The molecule has 0 aromatic heterocycles. The largest absolute Gasteiger partial charge is 0.421 e. The number of hydrogen-bond acceptors (Lipinski definition) is 4. The lowest BCUT2D eigenvalue weighted by Crippen LogP contribution is -2.18. The van der Waals surface area contributed by atoms with Crippen molar-refractivity contribution >= 4 is 11.9 Å². The van der Waals surface area contributed by atoms with Gasteiger partial charge in [-0.15, -0.1) is 0 Å². The van der Waals surface area contributed by atoms with E-state index in [0.29, 0.717) is 0 Å². The van der Waals surface area contributed by atoms with Crippen molar-refractivity contribution in [2.24, 2.45) is 0 Å². The molecular formula is C15H20O4. The first-order valence-electron chi connectivity index (χ1n) is 6.15. The van der Waals surface area contributed by atoms with Crippen molar-refractivity contribution in [3.8, 4) is 0 Å². The Kier molecular flexibility index (Phi) is 4.70. The molecule has 0 bridgehead atoms. The summed E-state index contributed by atoms with van der Waals surface area (Å²) < 4.78 is 10.3. The Hall–Kier alpha value is -1.84. The highest BCUT2D eigenvalue weighted by atomic mass is 16.7. The highest BCUT2D eigenvalue weighted by molar-refractivity contribution is 5.69. The minimum Gasteiger partial charge on any atom is -0.421 e. The smallest absolute Gasteiger partial charge is 0.305 e. The lowest BCUT2D eigenvalue weighted by molar-refractivity contribution is -0.186. The van der Waals surface area contributed by atoms with Crippen molar-refractivity contribution in [1.82, 2.24) is 0 Å². The lowest BCUT2D eigenvalue weighted by Gasteiger charge is -2.23. The summed E-state index contributed by atoms with van der Waals surface area (Å²) in [6.45, 7) is 10.4. The monoisotopic (exact) mass is 264 g/mol. The van der Waals surface area contributed by atoms with E-state index in [9.17, 15) is 9.59 Å². The normalized spacial score (nSPS) is 10.5. The van der Waals surface area contributed by atoms with Gasteiger partial charge in [0, 0.05) is 19.4 Å². The first-order chi connectivity index (χ1) is 8.73. The first-order valence-corrected chi connectivity index (χ1v) is 6.15. The maximum Gasteiger partial charge on any atom is 0.305 e. The molecule has 0 aliphatic rings. The van der Waals surface area contributed by atoms with Gasteiger partial charge in [0.15, 0.2) is 0 Å². The van der Waals surface area contributed by atoms with E-state index in [0.717, 1.165) is 27.8 Å². The van der Waals surface area contributed by atoms with E-state index < -0.39 is 18.2 Å². The van der Waals surface area contributed by atoms with Crippen LogP contribution in [0, 0.1) is 27.7 Å². The summed E-state index contributed by atoms with van der Waals surface area (Å²) in [5.41, 5.74) is 4.83. The maximum atomic E-state index is 11.2. The van der Waals surface area contributed by atoms with Gasteiger partial charge in [0.25, 0.3) is 6.29 Å². The second-order valence-electron chi connectivity index (χ2n) is 4.72. The van der Waals surface area contributed by atoms with Gasteiger partial charge in [0.2, 0.25) is 0 Å². The Morgan fingerprint density at radius 3 is 1.58 bits per heavy atom. The van der Waals surface area contributed by atoms with Crippen LogP contribution in [-0.2, 0) is 19.1 Å². The summed E-state index contributed by atoms with van der Waals surface area (Å²) in [4.78, 5) is 22.4. The van der Waals surface area contributed by atoms with Crippen LogP contribution >= 0.6 is 0 Å².